The zero-order chi connectivity index (χ0) is 16.7. The maximum absolute atomic E-state index is 12.1. The third kappa shape index (κ3) is 4.67. The van der Waals surface area contributed by atoms with E-state index in [1.54, 1.807) is 19.6 Å². The lowest BCUT2D eigenvalue weighted by atomic mass is 10.1. The van der Waals surface area contributed by atoms with Crippen molar-refractivity contribution in [1.29, 1.82) is 0 Å². The van der Waals surface area contributed by atoms with Gasteiger partial charge in [0, 0.05) is 18.3 Å². The lowest BCUT2D eigenvalue weighted by Crippen LogP contribution is -2.26. The molecule has 1 aromatic heterocycles. The van der Waals surface area contributed by atoms with Crippen molar-refractivity contribution < 1.29 is 14.3 Å². The van der Waals surface area contributed by atoms with Gasteiger partial charge in [-0.1, -0.05) is 0 Å². The minimum atomic E-state index is -0.175. The van der Waals surface area contributed by atoms with Crippen LogP contribution in [0.5, 0.6) is 11.5 Å². The van der Waals surface area contributed by atoms with Gasteiger partial charge in [-0.25, -0.2) is 4.98 Å². The molecular weight excluding hydrogens is 314 g/mol. The summed E-state index contributed by atoms with van der Waals surface area (Å²) in [6.07, 6.45) is 1.34. The number of hydrogen-bond acceptors (Lipinski definition) is 6. The highest BCUT2D eigenvalue weighted by atomic mass is 32.1. The molecule has 7 heteroatoms. The number of methoxy groups -OCH3 is 2. The van der Waals surface area contributed by atoms with Crippen LogP contribution in [0.15, 0.2) is 23.6 Å². The molecule has 6 nitrogen and oxygen atoms in total. The molecule has 0 fully saturated rings. The molecule has 0 saturated carbocycles. The van der Waals surface area contributed by atoms with Gasteiger partial charge in [-0.15, -0.1) is 11.3 Å². The summed E-state index contributed by atoms with van der Waals surface area (Å²) in [6.45, 7) is 1.02. The molecule has 23 heavy (non-hydrogen) atoms. The van der Waals surface area contributed by atoms with Gasteiger partial charge in [0.1, 0.15) is 17.2 Å². The minimum Gasteiger partial charge on any atom is -0.497 e. The van der Waals surface area contributed by atoms with Crippen molar-refractivity contribution in [3.8, 4) is 11.5 Å². The van der Waals surface area contributed by atoms with E-state index < -0.39 is 0 Å². The van der Waals surface area contributed by atoms with E-state index in [2.05, 4.69) is 10.3 Å². The first-order chi connectivity index (χ1) is 11.2. The highest BCUT2D eigenvalue weighted by Crippen LogP contribution is 2.24. The molecule has 0 aliphatic rings. The first kappa shape index (κ1) is 17.2. The Morgan fingerprint density at radius 1 is 1.30 bits per heavy atom. The number of nitrogens with zero attached hydrogens (tertiary/aromatic N) is 1. The normalized spacial score (nSPS) is 10.4. The average Bonchev–Trinajstić information content (AvgIpc) is 3.03. The fourth-order valence-electron chi connectivity index (χ4n) is 2.13. The summed E-state index contributed by atoms with van der Waals surface area (Å²) in [4.78, 5) is 16.3. The van der Waals surface area contributed by atoms with Crippen LogP contribution in [0.3, 0.4) is 0 Å². The van der Waals surface area contributed by atoms with Crippen LogP contribution in [-0.2, 0) is 12.8 Å². The molecule has 1 heterocycles. The summed E-state index contributed by atoms with van der Waals surface area (Å²) in [5.41, 5.74) is 6.91. The van der Waals surface area contributed by atoms with Crippen molar-refractivity contribution in [2.24, 2.45) is 5.73 Å². The molecule has 0 saturated heterocycles. The molecule has 0 radical (unpaired) electrons. The van der Waals surface area contributed by atoms with E-state index >= 15 is 0 Å². The molecule has 1 amide bonds. The van der Waals surface area contributed by atoms with Gasteiger partial charge >= 0.3 is 0 Å². The van der Waals surface area contributed by atoms with E-state index in [1.165, 1.54) is 11.3 Å². The molecule has 2 rings (SSSR count). The van der Waals surface area contributed by atoms with Crippen LogP contribution < -0.4 is 20.5 Å². The molecule has 124 valence electrons. The maximum atomic E-state index is 12.1. The van der Waals surface area contributed by atoms with Crippen LogP contribution in [-0.4, -0.2) is 38.2 Å². The predicted octanol–water partition coefficient (Wildman–Crippen LogP) is 1.63. The Hall–Kier alpha value is -2.12. The molecule has 0 bridgehead atoms. The van der Waals surface area contributed by atoms with Crippen LogP contribution >= 0.6 is 11.3 Å². The van der Waals surface area contributed by atoms with Gasteiger partial charge in [-0.3, -0.25) is 4.79 Å². The van der Waals surface area contributed by atoms with Crippen LogP contribution in [0.2, 0.25) is 0 Å². The highest BCUT2D eigenvalue weighted by molar-refractivity contribution is 7.09. The fourth-order valence-corrected chi connectivity index (χ4v) is 2.93. The summed E-state index contributed by atoms with van der Waals surface area (Å²) in [5, 5.41) is 5.51. The van der Waals surface area contributed by atoms with Crippen LogP contribution in [0, 0.1) is 0 Å². The Bertz CT molecular complexity index is 658. The Kier molecular flexibility index (Phi) is 6.37. The molecular formula is C16H21N3O3S. The number of rotatable bonds is 8. The van der Waals surface area contributed by atoms with Crippen molar-refractivity contribution in [3.63, 3.8) is 0 Å². The van der Waals surface area contributed by atoms with E-state index in [9.17, 15) is 4.79 Å². The minimum absolute atomic E-state index is 0.175. The molecule has 0 unspecified atom stereocenters. The van der Waals surface area contributed by atoms with Gasteiger partial charge < -0.3 is 20.5 Å². The van der Waals surface area contributed by atoms with Gasteiger partial charge in [0.25, 0.3) is 5.91 Å². The molecule has 3 N–H and O–H groups in total. The summed E-state index contributed by atoms with van der Waals surface area (Å²) >= 11 is 1.45. The summed E-state index contributed by atoms with van der Waals surface area (Å²) < 4.78 is 10.5. The van der Waals surface area contributed by atoms with Crippen molar-refractivity contribution >= 4 is 17.2 Å². The quantitative estimate of drug-likeness (QED) is 0.766. The number of amides is 1. The largest absolute Gasteiger partial charge is 0.497 e. The highest BCUT2D eigenvalue weighted by Gasteiger charge is 2.11. The zero-order valence-electron chi connectivity index (χ0n) is 13.3. The summed E-state index contributed by atoms with van der Waals surface area (Å²) in [6, 6.07) is 5.61. The van der Waals surface area contributed by atoms with Crippen molar-refractivity contribution in [3.05, 3.63) is 39.8 Å². The molecule has 2 aromatic rings. The number of nitrogens with two attached hydrogens (primary N) is 1. The van der Waals surface area contributed by atoms with Gasteiger partial charge in [-0.05, 0) is 36.7 Å². The van der Waals surface area contributed by atoms with Gasteiger partial charge in [0.15, 0.2) is 0 Å². The molecule has 0 spiro atoms. The molecule has 0 atom stereocenters. The van der Waals surface area contributed by atoms with E-state index in [0.29, 0.717) is 31.6 Å². The lowest BCUT2D eigenvalue weighted by Gasteiger charge is -2.10. The standard InChI is InChI=1S/C16H21N3O3S/c1-21-12-3-4-14(22-2)11(9-12)6-8-18-16(20)13-10-23-15(19-13)5-7-17/h3-4,9-10H,5-8,17H2,1-2H3,(H,18,20). The average molecular weight is 335 g/mol. The van der Waals surface area contributed by atoms with Crippen molar-refractivity contribution in [1.82, 2.24) is 10.3 Å². The Morgan fingerprint density at radius 2 is 2.13 bits per heavy atom. The monoisotopic (exact) mass is 335 g/mol. The first-order valence-corrected chi connectivity index (χ1v) is 8.19. The predicted molar refractivity (Wildman–Crippen MR) is 90.5 cm³/mol. The Morgan fingerprint density at radius 3 is 2.83 bits per heavy atom. The number of aromatic nitrogens is 1. The number of nitrogens with one attached hydrogen (secondary N) is 1. The van der Waals surface area contributed by atoms with Gasteiger partial charge in [-0.2, -0.15) is 0 Å². The molecule has 0 aliphatic heterocycles. The lowest BCUT2D eigenvalue weighted by molar-refractivity contribution is 0.0949. The van der Waals surface area contributed by atoms with Gasteiger partial charge in [0.05, 0.1) is 19.2 Å². The smallest absolute Gasteiger partial charge is 0.270 e. The Balaban J connectivity index is 1.92. The van der Waals surface area contributed by atoms with E-state index in [4.69, 9.17) is 15.2 Å². The fraction of sp³-hybridized carbons (Fsp3) is 0.375. The van der Waals surface area contributed by atoms with Crippen LogP contribution in [0.4, 0.5) is 0 Å². The number of thiazole rings is 1. The maximum Gasteiger partial charge on any atom is 0.270 e. The number of ether oxygens (including phenoxy) is 2. The summed E-state index contributed by atoms with van der Waals surface area (Å²) in [7, 11) is 3.24. The molecule has 1 aromatic carbocycles. The first-order valence-electron chi connectivity index (χ1n) is 7.31. The number of benzene rings is 1. The third-order valence-electron chi connectivity index (χ3n) is 3.31. The van der Waals surface area contributed by atoms with Crippen LogP contribution in [0.25, 0.3) is 0 Å². The summed E-state index contributed by atoms with van der Waals surface area (Å²) in [5.74, 6) is 1.36. The van der Waals surface area contributed by atoms with Crippen molar-refractivity contribution in [2.75, 3.05) is 27.3 Å². The second-order valence-corrected chi connectivity index (χ2v) is 5.79. The second-order valence-electron chi connectivity index (χ2n) is 4.85. The van der Waals surface area contributed by atoms with E-state index in [0.717, 1.165) is 22.1 Å². The van der Waals surface area contributed by atoms with Crippen LogP contribution in [0.1, 0.15) is 21.1 Å². The zero-order valence-corrected chi connectivity index (χ0v) is 14.1. The second kappa shape index (κ2) is 8.50. The van der Waals surface area contributed by atoms with Crippen molar-refractivity contribution in [2.45, 2.75) is 12.8 Å². The number of hydrogen-bond donors (Lipinski definition) is 2. The third-order valence-corrected chi connectivity index (χ3v) is 4.22. The number of carbonyl (C=O) groups is 1. The topological polar surface area (TPSA) is 86.5 Å². The van der Waals surface area contributed by atoms with E-state index in [-0.39, 0.29) is 5.91 Å². The Labute approximate surface area is 139 Å². The molecule has 0 aliphatic carbocycles. The van der Waals surface area contributed by atoms with E-state index in [1.807, 2.05) is 18.2 Å². The van der Waals surface area contributed by atoms with Gasteiger partial charge in [0.2, 0.25) is 0 Å². The number of carbonyl (C=O) groups excluding carboxylic acids is 1. The SMILES string of the molecule is COc1ccc(OC)c(CCNC(=O)c2csc(CCN)n2)c1.